The van der Waals surface area contributed by atoms with Crippen molar-refractivity contribution in [2.75, 3.05) is 56.6 Å². The molecule has 0 atom stereocenters. The smallest absolute Gasteiger partial charge is 0.255 e. The van der Waals surface area contributed by atoms with E-state index in [0.717, 1.165) is 24.6 Å². The number of anilines is 1. The lowest BCUT2D eigenvalue weighted by atomic mass is 9.75. The molecule has 0 spiro atoms. The third-order valence-corrected chi connectivity index (χ3v) is 9.32. The van der Waals surface area contributed by atoms with Gasteiger partial charge in [-0.05, 0) is 43.5 Å². The maximum atomic E-state index is 14.4. The molecular weight excluding hydrogens is 507 g/mol. The molecule has 2 aliphatic rings. The number of pyridine rings is 1. The normalized spacial score (nSPS) is 18.7. The van der Waals surface area contributed by atoms with Gasteiger partial charge in [-0.1, -0.05) is 30.7 Å². The van der Waals surface area contributed by atoms with Crippen LogP contribution in [-0.2, 0) is 20.2 Å². The number of piperidine rings is 1. The quantitative estimate of drug-likeness (QED) is 0.555. The number of benzene rings is 1. The fourth-order valence-corrected chi connectivity index (χ4v) is 6.60. The molecule has 0 bridgehead atoms. The SMILES string of the molecule is CCCS(=O)(=O)N1CCC(CNC(=O)c2c(F)cccc2Cl)(c2cccc(N3CCOCC3)n2)CC1. The first-order valence-electron chi connectivity index (χ1n) is 12.3. The summed E-state index contributed by atoms with van der Waals surface area (Å²) in [6.07, 6.45) is 1.49. The molecule has 1 amide bonds. The number of nitrogens with one attached hydrogen (secondary N) is 1. The molecule has 0 unspecified atom stereocenters. The highest BCUT2D eigenvalue weighted by Gasteiger charge is 2.41. The number of carbonyl (C=O) groups is 1. The van der Waals surface area contributed by atoms with E-state index >= 15 is 0 Å². The van der Waals surface area contributed by atoms with Crippen LogP contribution in [-0.4, -0.2) is 75.3 Å². The van der Waals surface area contributed by atoms with Gasteiger partial charge in [0, 0.05) is 38.1 Å². The lowest BCUT2D eigenvalue weighted by Crippen LogP contribution is -2.51. The first-order chi connectivity index (χ1) is 17.3. The Labute approximate surface area is 216 Å². The van der Waals surface area contributed by atoms with Crippen molar-refractivity contribution in [3.05, 3.63) is 58.5 Å². The number of rotatable bonds is 8. The van der Waals surface area contributed by atoms with E-state index in [0.29, 0.717) is 45.6 Å². The van der Waals surface area contributed by atoms with Gasteiger partial charge in [-0.15, -0.1) is 0 Å². The molecule has 1 aromatic heterocycles. The third kappa shape index (κ3) is 5.82. The predicted octanol–water partition coefficient (Wildman–Crippen LogP) is 3.21. The maximum Gasteiger partial charge on any atom is 0.255 e. The van der Waals surface area contributed by atoms with Crippen LogP contribution < -0.4 is 10.2 Å². The minimum absolute atomic E-state index is 0.0365. The van der Waals surface area contributed by atoms with Crippen LogP contribution in [0.4, 0.5) is 10.2 Å². The molecule has 4 rings (SSSR count). The number of sulfonamides is 1. The van der Waals surface area contributed by atoms with Gasteiger partial charge < -0.3 is 15.0 Å². The number of ether oxygens (including phenoxy) is 1. The minimum Gasteiger partial charge on any atom is -0.378 e. The van der Waals surface area contributed by atoms with E-state index in [4.69, 9.17) is 21.3 Å². The molecule has 8 nitrogen and oxygen atoms in total. The number of halogens is 2. The number of hydrogen-bond donors (Lipinski definition) is 1. The van der Waals surface area contributed by atoms with Crippen molar-refractivity contribution < 1.29 is 22.3 Å². The summed E-state index contributed by atoms with van der Waals surface area (Å²) in [5.74, 6) is -0.377. The van der Waals surface area contributed by atoms with Crippen molar-refractivity contribution in [1.29, 1.82) is 0 Å². The second-order valence-corrected chi connectivity index (χ2v) is 11.8. The predicted molar refractivity (Wildman–Crippen MR) is 138 cm³/mol. The summed E-state index contributed by atoms with van der Waals surface area (Å²) in [7, 11) is -3.34. The Morgan fingerprint density at radius 2 is 1.83 bits per heavy atom. The Morgan fingerprint density at radius 3 is 2.50 bits per heavy atom. The topological polar surface area (TPSA) is 91.8 Å². The van der Waals surface area contributed by atoms with Crippen LogP contribution in [0.2, 0.25) is 5.02 Å². The second-order valence-electron chi connectivity index (χ2n) is 9.26. The van der Waals surface area contributed by atoms with Gasteiger partial charge in [-0.2, -0.15) is 0 Å². The number of amides is 1. The summed E-state index contributed by atoms with van der Waals surface area (Å²) < 4.78 is 46.7. The lowest BCUT2D eigenvalue weighted by Gasteiger charge is -2.41. The van der Waals surface area contributed by atoms with E-state index in [-0.39, 0.29) is 22.9 Å². The Bertz CT molecular complexity index is 1160. The zero-order valence-corrected chi connectivity index (χ0v) is 22.0. The van der Waals surface area contributed by atoms with Gasteiger partial charge in [-0.3, -0.25) is 4.79 Å². The van der Waals surface area contributed by atoms with E-state index in [2.05, 4.69) is 10.2 Å². The van der Waals surface area contributed by atoms with Gasteiger partial charge in [0.05, 0.1) is 35.2 Å². The lowest BCUT2D eigenvalue weighted by molar-refractivity contribution is 0.0928. The summed E-state index contributed by atoms with van der Waals surface area (Å²) in [6, 6.07) is 9.91. The molecule has 2 aromatic rings. The van der Waals surface area contributed by atoms with E-state index in [1.165, 1.54) is 22.5 Å². The molecule has 1 aromatic carbocycles. The summed E-state index contributed by atoms with van der Waals surface area (Å²) in [6.45, 7) is 5.38. The highest BCUT2D eigenvalue weighted by Crippen LogP contribution is 2.36. The molecule has 3 heterocycles. The molecular formula is C25H32ClFN4O4S. The summed E-state index contributed by atoms with van der Waals surface area (Å²) >= 11 is 6.10. The van der Waals surface area contributed by atoms with Crippen molar-refractivity contribution >= 4 is 33.3 Å². The zero-order chi connectivity index (χ0) is 25.8. The van der Waals surface area contributed by atoms with Gasteiger partial charge in [-0.25, -0.2) is 22.1 Å². The van der Waals surface area contributed by atoms with Crippen molar-refractivity contribution in [1.82, 2.24) is 14.6 Å². The first kappa shape index (κ1) is 26.8. The minimum atomic E-state index is -3.34. The molecule has 196 valence electrons. The van der Waals surface area contributed by atoms with Crippen molar-refractivity contribution in [3.8, 4) is 0 Å². The number of hydrogen-bond acceptors (Lipinski definition) is 6. The van der Waals surface area contributed by atoms with Crippen LogP contribution in [0.1, 0.15) is 42.2 Å². The Balaban J connectivity index is 1.61. The maximum absolute atomic E-state index is 14.4. The van der Waals surface area contributed by atoms with Gasteiger partial charge in [0.25, 0.3) is 5.91 Å². The Hall–Kier alpha value is -2.27. The molecule has 1 N–H and O–H groups in total. The van der Waals surface area contributed by atoms with Crippen molar-refractivity contribution in [2.45, 2.75) is 31.6 Å². The summed E-state index contributed by atoms with van der Waals surface area (Å²) in [4.78, 5) is 20.0. The molecule has 2 saturated heterocycles. The second kappa shape index (κ2) is 11.4. The van der Waals surface area contributed by atoms with Crippen LogP contribution in [0.5, 0.6) is 0 Å². The van der Waals surface area contributed by atoms with Gasteiger partial charge >= 0.3 is 0 Å². The average molecular weight is 539 g/mol. The van der Waals surface area contributed by atoms with E-state index in [1.54, 1.807) is 0 Å². The van der Waals surface area contributed by atoms with Crippen LogP contribution in [0, 0.1) is 5.82 Å². The first-order valence-corrected chi connectivity index (χ1v) is 14.2. The van der Waals surface area contributed by atoms with Gasteiger partial charge in [0.1, 0.15) is 11.6 Å². The monoisotopic (exact) mass is 538 g/mol. The zero-order valence-electron chi connectivity index (χ0n) is 20.4. The largest absolute Gasteiger partial charge is 0.378 e. The fraction of sp³-hybridized carbons (Fsp3) is 0.520. The summed E-state index contributed by atoms with van der Waals surface area (Å²) in [5, 5.41) is 2.90. The van der Waals surface area contributed by atoms with E-state index in [9.17, 15) is 17.6 Å². The highest BCUT2D eigenvalue weighted by molar-refractivity contribution is 7.89. The fourth-order valence-electron chi connectivity index (χ4n) is 4.84. The van der Waals surface area contributed by atoms with Gasteiger partial charge in [0.15, 0.2) is 0 Å². The van der Waals surface area contributed by atoms with Crippen molar-refractivity contribution in [2.24, 2.45) is 0 Å². The average Bonchev–Trinajstić information content (AvgIpc) is 2.88. The van der Waals surface area contributed by atoms with Crippen LogP contribution in [0.15, 0.2) is 36.4 Å². The number of nitrogens with zero attached hydrogens (tertiary/aromatic N) is 3. The Morgan fingerprint density at radius 1 is 1.14 bits per heavy atom. The molecule has 0 saturated carbocycles. The van der Waals surface area contributed by atoms with Crippen LogP contribution >= 0.6 is 11.6 Å². The van der Waals surface area contributed by atoms with Crippen LogP contribution in [0.25, 0.3) is 0 Å². The van der Waals surface area contributed by atoms with Crippen LogP contribution in [0.3, 0.4) is 0 Å². The molecule has 2 aliphatic heterocycles. The molecule has 11 heteroatoms. The third-order valence-electron chi connectivity index (χ3n) is 6.92. The highest BCUT2D eigenvalue weighted by atomic mass is 35.5. The number of morpholine rings is 1. The van der Waals surface area contributed by atoms with E-state index < -0.39 is 27.2 Å². The Kier molecular flexibility index (Phi) is 8.49. The molecule has 0 aliphatic carbocycles. The standard InChI is InChI=1S/C25H32ClFN4O4S/c1-2-17-36(33,34)31-11-9-25(10-12-31,18-28-24(32)23-19(26)5-3-6-20(23)27)21-7-4-8-22(29-21)30-13-15-35-16-14-30/h3-8H,2,9-18H2,1H3,(H,28,32). The van der Waals surface area contributed by atoms with Crippen molar-refractivity contribution in [3.63, 3.8) is 0 Å². The van der Waals surface area contributed by atoms with E-state index in [1.807, 2.05) is 25.1 Å². The summed E-state index contributed by atoms with van der Waals surface area (Å²) in [5.41, 5.74) is -0.0419. The molecule has 2 fully saturated rings. The number of aromatic nitrogens is 1. The van der Waals surface area contributed by atoms with Gasteiger partial charge in [0.2, 0.25) is 10.0 Å². The molecule has 36 heavy (non-hydrogen) atoms. The molecule has 0 radical (unpaired) electrons. The number of carbonyl (C=O) groups excluding carboxylic acids is 1.